The quantitative estimate of drug-likeness (QED) is 0.647. The van der Waals surface area contributed by atoms with Crippen molar-refractivity contribution in [3.05, 3.63) is 35.8 Å². The second-order valence-corrected chi connectivity index (χ2v) is 2.88. The lowest BCUT2D eigenvalue weighted by atomic mass is 10.3. The molecule has 0 saturated heterocycles. The van der Waals surface area contributed by atoms with Gasteiger partial charge in [-0.2, -0.15) is 5.26 Å². The molecule has 2 aromatic rings. The van der Waals surface area contributed by atoms with Gasteiger partial charge in [0.15, 0.2) is 5.65 Å². The molecule has 0 saturated carbocycles. The SMILES string of the molecule is N#Cc1cccn2c(CCl)cnc12. The van der Waals surface area contributed by atoms with Crippen molar-refractivity contribution in [2.45, 2.75) is 5.88 Å². The first-order chi connectivity index (χ1) is 6.36. The van der Waals surface area contributed by atoms with Crippen LogP contribution in [0.3, 0.4) is 0 Å². The van der Waals surface area contributed by atoms with Gasteiger partial charge in [-0.25, -0.2) is 4.98 Å². The molecule has 4 heteroatoms. The number of imidazole rings is 1. The molecule has 0 aromatic carbocycles. The van der Waals surface area contributed by atoms with Gasteiger partial charge in [-0.1, -0.05) is 0 Å². The number of rotatable bonds is 1. The molecule has 0 amide bonds. The highest BCUT2D eigenvalue weighted by Gasteiger charge is 2.04. The standard InChI is InChI=1S/C9H6ClN3/c10-4-8-6-12-9-7(5-11)2-1-3-13(8)9/h1-3,6H,4H2. The molecule has 0 aliphatic heterocycles. The molecular formula is C9H6ClN3. The zero-order valence-corrected chi connectivity index (χ0v) is 7.49. The molecule has 64 valence electrons. The lowest BCUT2D eigenvalue weighted by Gasteiger charge is -1.97. The number of nitriles is 1. The van der Waals surface area contributed by atoms with Crippen molar-refractivity contribution in [3.8, 4) is 6.07 Å². The van der Waals surface area contributed by atoms with Gasteiger partial charge in [-0.15, -0.1) is 11.6 Å². The van der Waals surface area contributed by atoms with Crippen LogP contribution in [0.2, 0.25) is 0 Å². The third-order valence-electron chi connectivity index (χ3n) is 1.87. The predicted octanol–water partition coefficient (Wildman–Crippen LogP) is 1.94. The Bertz CT molecular complexity index is 481. The van der Waals surface area contributed by atoms with Crippen LogP contribution in [-0.4, -0.2) is 9.38 Å². The Morgan fingerprint density at radius 3 is 3.15 bits per heavy atom. The van der Waals surface area contributed by atoms with Gasteiger partial charge in [0.2, 0.25) is 0 Å². The summed E-state index contributed by atoms with van der Waals surface area (Å²) < 4.78 is 1.82. The molecule has 3 nitrogen and oxygen atoms in total. The van der Waals surface area contributed by atoms with E-state index in [1.807, 2.05) is 16.7 Å². The molecule has 0 aliphatic rings. The van der Waals surface area contributed by atoms with Crippen LogP contribution in [0, 0.1) is 11.3 Å². The van der Waals surface area contributed by atoms with Crippen LogP contribution in [0.25, 0.3) is 5.65 Å². The van der Waals surface area contributed by atoms with E-state index in [1.54, 1.807) is 12.3 Å². The van der Waals surface area contributed by atoms with Gasteiger partial charge in [-0.05, 0) is 12.1 Å². The summed E-state index contributed by atoms with van der Waals surface area (Å²) in [5, 5.41) is 8.78. The number of fused-ring (bicyclic) bond motifs is 1. The van der Waals surface area contributed by atoms with Crippen molar-refractivity contribution in [1.29, 1.82) is 5.26 Å². The zero-order chi connectivity index (χ0) is 9.26. The highest BCUT2D eigenvalue weighted by molar-refractivity contribution is 6.16. The van der Waals surface area contributed by atoms with E-state index in [0.29, 0.717) is 17.1 Å². The Morgan fingerprint density at radius 1 is 1.62 bits per heavy atom. The number of pyridine rings is 1. The van der Waals surface area contributed by atoms with E-state index in [4.69, 9.17) is 16.9 Å². The van der Waals surface area contributed by atoms with E-state index in [9.17, 15) is 0 Å². The molecule has 2 heterocycles. The molecular weight excluding hydrogens is 186 g/mol. The van der Waals surface area contributed by atoms with Crippen LogP contribution < -0.4 is 0 Å². The van der Waals surface area contributed by atoms with Gasteiger partial charge in [-0.3, -0.25) is 0 Å². The number of alkyl halides is 1. The molecule has 0 aliphatic carbocycles. The van der Waals surface area contributed by atoms with Crippen LogP contribution in [0.4, 0.5) is 0 Å². The minimum absolute atomic E-state index is 0.399. The molecule has 0 spiro atoms. The minimum atomic E-state index is 0.399. The second-order valence-electron chi connectivity index (χ2n) is 2.61. The summed E-state index contributed by atoms with van der Waals surface area (Å²) in [6.45, 7) is 0. The molecule has 0 fully saturated rings. The maximum Gasteiger partial charge on any atom is 0.154 e. The summed E-state index contributed by atoms with van der Waals surface area (Å²) >= 11 is 5.70. The Balaban J connectivity index is 2.81. The summed E-state index contributed by atoms with van der Waals surface area (Å²) in [5.41, 5.74) is 2.13. The number of nitrogens with zero attached hydrogens (tertiary/aromatic N) is 3. The average molecular weight is 192 g/mol. The van der Waals surface area contributed by atoms with E-state index in [1.165, 1.54) is 0 Å². The molecule has 0 N–H and O–H groups in total. The zero-order valence-electron chi connectivity index (χ0n) is 6.74. The summed E-state index contributed by atoms with van der Waals surface area (Å²) in [6, 6.07) is 5.63. The van der Waals surface area contributed by atoms with Gasteiger partial charge in [0.1, 0.15) is 6.07 Å². The van der Waals surface area contributed by atoms with Crippen molar-refractivity contribution >= 4 is 17.2 Å². The van der Waals surface area contributed by atoms with Crippen LogP contribution in [-0.2, 0) is 5.88 Å². The highest BCUT2D eigenvalue weighted by Crippen LogP contribution is 2.12. The van der Waals surface area contributed by atoms with Crippen LogP contribution in [0.15, 0.2) is 24.5 Å². The maximum absolute atomic E-state index is 8.78. The fourth-order valence-corrected chi connectivity index (χ4v) is 1.45. The number of aromatic nitrogens is 2. The summed E-state index contributed by atoms with van der Waals surface area (Å²) in [4.78, 5) is 4.12. The predicted molar refractivity (Wildman–Crippen MR) is 49.5 cm³/mol. The fraction of sp³-hybridized carbons (Fsp3) is 0.111. The first-order valence-electron chi connectivity index (χ1n) is 3.78. The van der Waals surface area contributed by atoms with Crippen molar-refractivity contribution in [3.63, 3.8) is 0 Å². The van der Waals surface area contributed by atoms with E-state index in [-0.39, 0.29) is 0 Å². The van der Waals surface area contributed by atoms with Crippen molar-refractivity contribution in [1.82, 2.24) is 9.38 Å². The monoisotopic (exact) mass is 191 g/mol. The van der Waals surface area contributed by atoms with Gasteiger partial charge < -0.3 is 4.40 Å². The third-order valence-corrected chi connectivity index (χ3v) is 2.14. The smallest absolute Gasteiger partial charge is 0.154 e. The highest BCUT2D eigenvalue weighted by atomic mass is 35.5. The Hall–Kier alpha value is -1.53. The van der Waals surface area contributed by atoms with Gasteiger partial charge in [0.25, 0.3) is 0 Å². The summed E-state index contributed by atoms with van der Waals surface area (Å²) in [5.74, 6) is 0.399. The van der Waals surface area contributed by atoms with Crippen molar-refractivity contribution < 1.29 is 0 Å². The Labute approximate surface area is 80.2 Å². The lowest BCUT2D eigenvalue weighted by molar-refractivity contribution is 1.09. The first-order valence-corrected chi connectivity index (χ1v) is 4.31. The molecule has 0 atom stereocenters. The summed E-state index contributed by atoms with van der Waals surface area (Å²) in [7, 11) is 0. The molecule has 0 radical (unpaired) electrons. The number of hydrogen-bond acceptors (Lipinski definition) is 2. The second kappa shape index (κ2) is 3.08. The molecule has 2 aromatic heterocycles. The number of hydrogen-bond donors (Lipinski definition) is 0. The topological polar surface area (TPSA) is 41.1 Å². The largest absolute Gasteiger partial charge is 0.302 e. The lowest BCUT2D eigenvalue weighted by Crippen LogP contribution is -1.90. The van der Waals surface area contributed by atoms with Gasteiger partial charge in [0, 0.05) is 6.20 Å². The van der Waals surface area contributed by atoms with E-state index >= 15 is 0 Å². The fourth-order valence-electron chi connectivity index (χ4n) is 1.25. The Morgan fingerprint density at radius 2 is 2.46 bits per heavy atom. The van der Waals surface area contributed by atoms with Gasteiger partial charge >= 0.3 is 0 Å². The first kappa shape index (κ1) is 8.09. The van der Waals surface area contributed by atoms with Crippen LogP contribution >= 0.6 is 11.6 Å². The van der Waals surface area contributed by atoms with E-state index < -0.39 is 0 Å². The third kappa shape index (κ3) is 1.16. The number of halogens is 1. The molecule has 2 rings (SSSR count). The Kier molecular flexibility index (Phi) is 1.91. The van der Waals surface area contributed by atoms with E-state index in [0.717, 1.165) is 5.69 Å². The molecule has 0 unspecified atom stereocenters. The van der Waals surface area contributed by atoms with Crippen LogP contribution in [0.1, 0.15) is 11.3 Å². The maximum atomic E-state index is 8.78. The van der Waals surface area contributed by atoms with Crippen LogP contribution in [0.5, 0.6) is 0 Å². The van der Waals surface area contributed by atoms with Crippen molar-refractivity contribution in [2.75, 3.05) is 0 Å². The molecule has 13 heavy (non-hydrogen) atoms. The minimum Gasteiger partial charge on any atom is -0.302 e. The summed E-state index contributed by atoms with van der Waals surface area (Å²) in [6.07, 6.45) is 3.53. The average Bonchev–Trinajstić information content (AvgIpc) is 2.60. The molecule has 0 bridgehead atoms. The van der Waals surface area contributed by atoms with Gasteiger partial charge in [0.05, 0.1) is 23.3 Å². The van der Waals surface area contributed by atoms with Crippen molar-refractivity contribution in [2.24, 2.45) is 0 Å². The van der Waals surface area contributed by atoms with E-state index in [2.05, 4.69) is 11.1 Å². The normalized spacial score (nSPS) is 10.2.